The molecule has 1 fully saturated rings. The second-order valence-electron chi connectivity index (χ2n) is 10.4. The van der Waals surface area contributed by atoms with E-state index in [1.807, 2.05) is 19.6 Å². The molecule has 0 saturated carbocycles. The van der Waals surface area contributed by atoms with Gasteiger partial charge in [-0.1, -0.05) is 38.1 Å². The van der Waals surface area contributed by atoms with E-state index in [1.165, 1.54) is 5.56 Å². The van der Waals surface area contributed by atoms with Gasteiger partial charge in [0.25, 0.3) is 0 Å². The number of amides is 4. The SMILES string of the molecule is CC(C)c1ccc(CC2CN(CC(N)=O)CCN(CC(N)=O)CCN(CC(N)=O)CCN2CC(N)=O)cc1. The largest absolute Gasteiger partial charge is 0.369 e. The molecule has 0 bridgehead atoms. The summed E-state index contributed by atoms with van der Waals surface area (Å²) in [7, 11) is 0. The van der Waals surface area contributed by atoms with Gasteiger partial charge >= 0.3 is 0 Å². The Morgan fingerprint density at radius 2 is 1.11 bits per heavy atom. The molecule has 1 aliphatic heterocycles. The lowest BCUT2D eigenvalue weighted by atomic mass is 9.98. The maximum atomic E-state index is 12.1. The average Bonchev–Trinajstić information content (AvgIpc) is 2.80. The van der Waals surface area contributed by atoms with Gasteiger partial charge in [-0.25, -0.2) is 0 Å². The zero-order chi connectivity index (χ0) is 28.2. The van der Waals surface area contributed by atoms with E-state index in [2.05, 4.69) is 38.1 Å². The molecule has 8 N–H and O–H groups in total. The molecule has 1 saturated heterocycles. The summed E-state index contributed by atoms with van der Waals surface area (Å²) in [5, 5.41) is 0. The zero-order valence-corrected chi connectivity index (χ0v) is 22.7. The maximum absolute atomic E-state index is 12.1. The first-order valence-electron chi connectivity index (χ1n) is 13.1. The van der Waals surface area contributed by atoms with Gasteiger partial charge in [-0.15, -0.1) is 0 Å². The number of benzene rings is 1. The Bertz CT molecular complexity index is 940. The van der Waals surface area contributed by atoms with Crippen LogP contribution >= 0.6 is 0 Å². The van der Waals surface area contributed by atoms with E-state index in [0.29, 0.717) is 58.2 Å². The van der Waals surface area contributed by atoms with Gasteiger partial charge in [-0.05, 0) is 23.5 Å². The van der Waals surface area contributed by atoms with Crippen LogP contribution in [0.1, 0.15) is 30.9 Å². The van der Waals surface area contributed by atoms with Crippen molar-refractivity contribution in [1.29, 1.82) is 0 Å². The summed E-state index contributed by atoms with van der Waals surface area (Å²) in [6, 6.07) is 8.20. The molecule has 0 spiro atoms. The lowest BCUT2D eigenvalue weighted by molar-refractivity contribution is -0.122. The van der Waals surface area contributed by atoms with Crippen LogP contribution in [0.15, 0.2) is 24.3 Å². The molecule has 0 aromatic heterocycles. The third-order valence-electron chi connectivity index (χ3n) is 6.77. The molecule has 0 radical (unpaired) electrons. The number of rotatable bonds is 11. The molecule has 2 rings (SSSR count). The molecule has 1 unspecified atom stereocenters. The molecular formula is C26H44N8O4. The van der Waals surface area contributed by atoms with E-state index in [9.17, 15) is 19.2 Å². The van der Waals surface area contributed by atoms with Crippen LogP contribution in [0.25, 0.3) is 0 Å². The highest BCUT2D eigenvalue weighted by Crippen LogP contribution is 2.18. The smallest absolute Gasteiger partial charge is 0.231 e. The molecule has 4 amide bonds. The Hall–Kier alpha value is -3.06. The van der Waals surface area contributed by atoms with Crippen molar-refractivity contribution in [2.45, 2.75) is 32.2 Å². The number of carbonyl (C=O) groups is 4. The molecule has 1 aromatic rings. The van der Waals surface area contributed by atoms with E-state index in [1.54, 1.807) is 0 Å². The average molecular weight is 533 g/mol. The van der Waals surface area contributed by atoms with Gasteiger partial charge < -0.3 is 22.9 Å². The van der Waals surface area contributed by atoms with Crippen LogP contribution in [0.5, 0.6) is 0 Å². The number of hydrogen-bond acceptors (Lipinski definition) is 8. The Balaban J connectivity index is 2.40. The van der Waals surface area contributed by atoms with E-state index in [4.69, 9.17) is 22.9 Å². The maximum Gasteiger partial charge on any atom is 0.231 e. The number of hydrogen-bond donors (Lipinski definition) is 4. The molecule has 1 atom stereocenters. The highest BCUT2D eigenvalue weighted by Gasteiger charge is 2.26. The Labute approximate surface area is 225 Å². The van der Waals surface area contributed by atoms with Crippen molar-refractivity contribution in [2.75, 3.05) is 72.0 Å². The molecule has 0 aliphatic carbocycles. The van der Waals surface area contributed by atoms with Crippen LogP contribution in [-0.4, -0.2) is 121 Å². The number of nitrogens with zero attached hydrogens (tertiary/aromatic N) is 4. The molecule has 12 nitrogen and oxygen atoms in total. The van der Waals surface area contributed by atoms with E-state index in [0.717, 1.165) is 5.56 Å². The van der Waals surface area contributed by atoms with Crippen LogP contribution in [-0.2, 0) is 25.6 Å². The summed E-state index contributed by atoms with van der Waals surface area (Å²) in [4.78, 5) is 55.2. The van der Waals surface area contributed by atoms with Crippen molar-refractivity contribution in [3.05, 3.63) is 35.4 Å². The van der Waals surface area contributed by atoms with Gasteiger partial charge in [0.2, 0.25) is 23.6 Å². The van der Waals surface area contributed by atoms with Crippen molar-refractivity contribution in [1.82, 2.24) is 19.6 Å². The van der Waals surface area contributed by atoms with Crippen LogP contribution in [0, 0.1) is 0 Å². The molecule has 212 valence electrons. The Kier molecular flexibility index (Phi) is 12.6. The predicted octanol–water partition coefficient (Wildman–Crippen LogP) is -2.12. The quantitative estimate of drug-likeness (QED) is 0.249. The minimum atomic E-state index is -0.465. The van der Waals surface area contributed by atoms with Gasteiger partial charge in [0.1, 0.15) is 0 Å². The fourth-order valence-electron chi connectivity index (χ4n) is 4.78. The van der Waals surface area contributed by atoms with Crippen LogP contribution in [0.2, 0.25) is 0 Å². The predicted molar refractivity (Wildman–Crippen MR) is 146 cm³/mol. The number of primary amides is 4. The van der Waals surface area contributed by atoms with Crippen molar-refractivity contribution < 1.29 is 19.2 Å². The van der Waals surface area contributed by atoms with Crippen molar-refractivity contribution >= 4 is 23.6 Å². The molecule has 38 heavy (non-hydrogen) atoms. The van der Waals surface area contributed by atoms with Crippen molar-refractivity contribution in [3.8, 4) is 0 Å². The zero-order valence-electron chi connectivity index (χ0n) is 22.7. The molecular weight excluding hydrogens is 488 g/mol. The lowest BCUT2D eigenvalue weighted by Gasteiger charge is -2.38. The summed E-state index contributed by atoms with van der Waals surface area (Å²) in [6.07, 6.45) is 0.613. The van der Waals surface area contributed by atoms with Crippen LogP contribution < -0.4 is 22.9 Å². The third kappa shape index (κ3) is 11.5. The number of carbonyl (C=O) groups excluding carboxylic acids is 4. The molecule has 12 heteroatoms. The van der Waals surface area contributed by atoms with E-state index >= 15 is 0 Å². The standard InChI is InChI=1S/C26H44N8O4/c1-19(2)21-5-3-20(4-6-21)13-22-14-33(17-25(29)37)10-9-31(15-23(27)35)7-8-32(16-24(28)36)11-12-34(22)18-26(30)38/h3-6,19,22H,7-18H2,1-2H3,(H2,27,35)(H2,28,36)(H2,29,37)(H2,30,38). The van der Waals surface area contributed by atoms with Gasteiger partial charge in [0.05, 0.1) is 26.2 Å². The minimum Gasteiger partial charge on any atom is -0.369 e. The summed E-state index contributed by atoms with van der Waals surface area (Å²) in [5.41, 5.74) is 24.5. The fraction of sp³-hybridized carbons (Fsp3) is 0.615. The first-order valence-corrected chi connectivity index (χ1v) is 13.1. The second kappa shape index (κ2) is 15.4. The van der Waals surface area contributed by atoms with Gasteiger partial charge in [-0.3, -0.25) is 38.8 Å². The Morgan fingerprint density at radius 1 is 0.684 bits per heavy atom. The molecule has 1 aliphatic rings. The fourth-order valence-corrected chi connectivity index (χ4v) is 4.78. The second-order valence-corrected chi connectivity index (χ2v) is 10.4. The van der Waals surface area contributed by atoms with Gasteiger partial charge in [-0.2, -0.15) is 0 Å². The minimum absolute atomic E-state index is 0.0252. The van der Waals surface area contributed by atoms with E-state index in [-0.39, 0.29) is 32.2 Å². The highest BCUT2D eigenvalue weighted by molar-refractivity contribution is 5.77. The summed E-state index contributed by atoms with van der Waals surface area (Å²) >= 11 is 0. The summed E-state index contributed by atoms with van der Waals surface area (Å²) in [5.74, 6) is -1.45. The topological polar surface area (TPSA) is 185 Å². The third-order valence-corrected chi connectivity index (χ3v) is 6.77. The lowest BCUT2D eigenvalue weighted by Crippen LogP contribution is -2.54. The first-order chi connectivity index (χ1) is 17.9. The summed E-state index contributed by atoms with van der Waals surface area (Å²) < 4.78 is 0. The normalized spacial score (nSPS) is 19.5. The Morgan fingerprint density at radius 3 is 1.55 bits per heavy atom. The first kappa shape index (κ1) is 31.2. The van der Waals surface area contributed by atoms with Crippen LogP contribution in [0.3, 0.4) is 0 Å². The summed E-state index contributed by atoms with van der Waals surface area (Å²) in [6.45, 7) is 7.65. The van der Waals surface area contributed by atoms with Gasteiger partial charge in [0, 0.05) is 51.9 Å². The highest BCUT2D eigenvalue weighted by atomic mass is 16.2. The van der Waals surface area contributed by atoms with Crippen LogP contribution in [0.4, 0.5) is 0 Å². The van der Waals surface area contributed by atoms with E-state index < -0.39 is 23.6 Å². The monoisotopic (exact) mass is 532 g/mol. The molecule has 1 heterocycles. The number of nitrogens with two attached hydrogens (primary N) is 4. The van der Waals surface area contributed by atoms with Gasteiger partial charge in [0.15, 0.2) is 0 Å². The van der Waals surface area contributed by atoms with Crippen molar-refractivity contribution in [2.24, 2.45) is 22.9 Å². The van der Waals surface area contributed by atoms with Crippen molar-refractivity contribution in [3.63, 3.8) is 0 Å². The molecule has 1 aromatic carbocycles.